The molecule has 0 spiro atoms. The van der Waals surface area contributed by atoms with Crippen LogP contribution < -0.4 is 0 Å². The molecule has 0 saturated heterocycles. The van der Waals surface area contributed by atoms with Gasteiger partial charge in [0.25, 0.3) is 0 Å². The fourth-order valence-corrected chi connectivity index (χ4v) is 1.58. The predicted octanol–water partition coefficient (Wildman–Crippen LogP) is 3.58. The second kappa shape index (κ2) is 5.36. The number of alkyl halides is 3. The monoisotopic (exact) mass is 244 g/mol. The van der Waals surface area contributed by atoms with Crippen molar-refractivity contribution in [2.24, 2.45) is 0 Å². The molecule has 94 valence electrons. The molecule has 0 amide bonds. The predicted molar refractivity (Wildman–Crippen MR) is 60.6 cm³/mol. The van der Waals surface area contributed by atoms with Crippen molar-refractivity contribution in [2.45, 2.75) is 32.0 Å². The molecule has 1 atom stereocenters. The van der Waals surface area contributed by atoms with E-state index < -0.39 is 17.8 Å². The summed E-state index contributed by atoms with van der Waals surface area (Å²) in [4.78, 5) is 0. The number of benzene rings is 1. The summed E-state index contributed by atoms with van der Waals surface area (Å²) < 4.78 is 36.9. The van der Waals surface area contributed by atoms with Crippen molar-refractivity contribution >= 4 is 0 Å². The molecule has 1 aromatic rings. The van der Waals surface area contributed by atoms with E-state index >= 15 is 0 Å². The SMILES string of the molecule is C=C(C)CC(O)Cc1ccc(C(F)(F)F)cc1. The van der Waals surface area contributed by atoms with Crippen molar-refractivity contribution in [3.63, 3.8) is 0 Å². The van der Waals surface area contributed by atoms with Gasteiger partial charge >= 0.3 is 6.18 Å². The van der Waals surface area contributed by atoms with Crippen LogP contribution in [0.25, 0.3) is 0 Å². The van der Waals surface area contributed by atoms with E-state index in [-0.39, 0.29) is 0 Å². The van der Waals surface area contributed by atoms with E-state index in [1.54, 1.807) is 6.92 Å². The largest absolute Gasteiger partial charge is 0.416 e. The molecule has 0 heterocycles. The topological polar surface area (TPSA) is 20.2 Å². The fraction of sp³-hybridized carbons (Fsp3) is 0.385. The van der Waals surface area contributed by atoms with Crippen LogP contribution in [-0.4, -0.2) is 11.2 Å². The van der Waals surface area contributed by atoms with Gasteiger partial charge in [0.15, 0.2) is 0 Å². The maximum absolute atomic E-state index is 12.3. The van der Waals surface area contributed by atoms with E-state index in [0.717, 1.165) is 17.7 Å². The zero-order valence-electron chi connectivity index (χ0n) is 9.59. The molecule has 0 aliphatic heterocycles. The van der Waals surface area contributed by atoms with Gasteiger partial charge in [0.1, 0.15) is 0 Å². The van der Waals surface area contributed by atoms with Crippen molar-refractivity contribution in [2.75, 3.05) is 0 Å². The van der Waals surface area contributed by atoms with Crippen molar-refractivity contribution in [3.05, 3.63) is 47.5 Å². The van der Waals surface area contributed by atoms with Gasteiger partial charge in [0.05, 0.1) is 11.7 Å². The maximum Gasteiger partial charge on any atom is 0.416 e. The van der Waals surface area contributed by atoms with Crippen LogP contribution in [0.5, 0.6) is 0 Å². The molecule has 0 aromatic heterocycles. The normalized spacial score (nSPS) is 13.5. The van der Waals surface area contributed by atoms with Crippen LogP contribution in [0.1, 0.15) is 24.5 Å². The van der Waals surface area contributed by atoms with E-state index in [2.05, 4.69) is 6.58 Å². The Morgan fingerprint density at radius 2 is 1.82 bits per heavy atom. The standard InChI is InChI=1S/C13H15F3O/c1-9(2)7-12(17)8-10-3-5-11(6-4-10)13(14,15)16/h3-6,12,17H,1,7-8H2,2H3. The van der Waals surface area contributed by atoms with Gasteiger partial charge in [-0.1, -0.05) is 17.7 Å². The Hall–Kier alpha value is -1.29. The van der Waals surface area contributed by atoms with Crippen molar-refractivity contribution in [3.8, 4) is 0 Å². The molecule has 17 heavy (non-hydrogen) atoms. The highest BCUT2D eigenvalue weighted by Crippen LogP contribution is 2.29. The summed E-state index contributed by atoms with van der Waals surface area (Å²) in [5.41, 5.74) is 0.867. The second-order valence-corrected chi connectivity index (χ2v) is 4.21. The first-order valence-electron chi connectivity index (χ1n) is 5.27. The summed E-state index contributed by atoms with van der Waals surface area (Å²) in [6, 6.07) is 4.85. The molecule has 0 saturated carbocycles. The first-order chi connectivity index (χ1) is 7.79. The van der Waals surface area contributed by atoms with Crippen LogP contribution in [0.15, 0.2) is 36.4 Å². The van der Waals surface area contributed by atoms with E-state index in [0.29, 0.717) is 18.4 Å². The first-order valence-corrected chi connectivity index (χ1v) is 5.27. The number of hydrogen-bond acceptors (Lipinski definition) is 1. The lowest BCUT2D eigenvalue weighted by atomic mass is 10.0. The van der Waals surface area contributed by atoms with Crippen LogP contribution in [-0.2, 0) is 12.6 Å². The summed E-state index contributed by atoms with van der Waals surface area (Å²) in [6.45, 7) is 5.48. The minimum absolute atomic E-state index is 0.338. The number of rotatable bonds is 4. The van der Waals surface area contributed by atoms with Gasteiger partial charge in [-0.15, -0.1) is 6.58 Å². The molecule has 4 heteroatoms. The molecule has 1 rings (SSSR count). The van der Waals surface area contributed by atoms with Crippen LogP contribution in [0.4, 0.5) is 13.2 Å². The lowest BCUT2D eigenvalue weighted by molar-refractivity contribution is -0.137. The Morgan fingerprint density at radius 1 is 1.29 bits per heavy atom. The highest BCUT2D eigenvalue weighted by Gasteiger charge is 2.29. The van der Waals surface area contributed by atoms with Crippen molar-refractivity contribution in [1.82, 2.24) is 0 Å². The van der Waals surface area contributed by atoms with Gasteiger partial charge in [-0.2, -0.15) is 13.2 Å². The quantitative estimate of drug-likeness (QED) is 0.803. The molecule has 0 bridgehead atoms. The van der Waals surface area contributed by atoms with Crippen molar-refractivity contribution < 1.29 is 18.3 Å². The van der Waals surface area contributed by atoms with Crippen LogP contribution in [0.2, 0.25) is 0 Å². The molecular weight excluding hydrogens is 229 g/mol. The molecule has 1 nitrogen and oxygen atoms in total. The molecular formula is C13H15F3O. The molecule has 0 radical (unpaired) electrons. The van der Waals surface area contributed by atoms with E-state index in [1.807, 2.05) is 0 Å². The maximum atomic E-state index is 12.3. The molecule has 0 aliphatic carbocycles. The van der Waals surface area contributed by atoms with Crippen molar-refractivity contribution in [1.29, 1.82) is 0 Å². The zero-order chi connectivity index (χ0) is 13.1. The second-order valence-electron chi connectivity index (χ2n) is 4.21. The van der Waals surface area contributed by atoms with Crippen LogP contribution in [0, 0.1) is 0 Å². The molecule has 1 unspecified atom stereocenters. The Morgan fingerprint density at radius 3 is 2.24 bits per heavy atom. The number of hydrogen-bond donors (Lipinski definition) is 1. The lowest BCUT2D eigenvalue weighted by Crippen LogP contribution is -2.11. The highest BCUT2D eigenvalue weighted by molar-refractivity contribution is 5.25. The molecule has 1 N–H and O–H groups in total. The summed E-state index contributed by atoms with van der Waals surface area (Å²) in [5.74, 6) is 0. The van der Waals surface area contributed by atoms with Gasteiger partial charge < -0.3 is 5.11 Å². The minimum Gasteiger partial charge on any atom is -0.392 e. The molecule has 1 aromatic carbocycles. The Labute approximate surface area is 98.6 Å². The average molecular weight is 244 g/mol. The number of aliphatic hydroxyl groups is 1. The van der Waals surface area contributed by atoms with E-state index in [1.165, 1.54) is 12.1 Å². The molecule has 0 aliphatic rings. The fourth-order valence-electron chi connectivity index (χ4n) is 1.58. The van der Waals surface area contributed by atoms with Gasteiger partial charge in [0.2, 0.25) is 0 Å². The average Bonchev–Trinajstić information content (AvgIpc) is 2.15. The highest BCUT2D eigenvalue weighted by atomic mass is 19.4. The number of halogens is 3. The third-order valence-electron chi connectivity index (χ3n) is 2.34. The van der Waals surface area contributed by atoms with Gasteiger partial charge in [-0.25, -0.2) is 0 Å². The summed E-state index contributed by atoms with van der Waals surface area (Å²) >= 11 is 0. The zero-order valence-corrected chi connectivity index (χ0v) is 9.59. The Balaban J connectivity index is 2.66. The van der Waals surface area contributed by atoms with Crippen LogP contribution in [0.3, 0.4) is 0 Å². The minimum atomic E-state index is -4.31. The van der Waals surface area contributed by atoms with Gasteiger partial charge in [-0.3, -0.25) is 0 Å². The smallest absolute Gasteiger partial charge is 0.392 e. The number of aliphatic hydroxyl groups excluding tert-OH is 1. The van der Waals surface area contributed by atoms with Gasteiger partial charge in [0, 0.05) is 0 Å². The molecule has 0 fully saturated rings. The van der Waals surface area contributed by atoms with E-state index in [9.17, 15) is 18.3 Å². The lowest BCUT2D eigenvalue weighted by Gasteiger charge is -2.11. The summed E-state index contributed by atoms with van der Waals surface area (Å²) in [6.07, 6.45) is -4.11. The van der Waals surface area contributed by atoms with E-state index in [4.69, 9.17) is 0 Å². The summed E-state index contributed by atoms with van der Waals surface area (Å²) in [5, 5.41) is 9.62. The third kappa shape index (κ3) is 4.61. The first kappa shape index (κ1) is 13.8. The van der Waals surface area contributed by atoms with Gasteiger partial charge in [-0.05, 0) is 37.5 Å². The Bertz CT molecular complexity index is 379. The van der Waals surface area contributed by atoms with Crippen LogP contribution >= 0.6 is 0 Å². The third-order valence-corrected chi connectivity index (χ3v) is 2.34. The summed E-state index contributed by atoms with van der Waals surface area (Å²) in [7, 11) is 0. The Kier molecular flexibility index (Phi) is 4.34.